The highest BCUT2D eigenvalue weighted by atomic mass is 35.5. The van der Waals surface area contributed by atoms with Crippen molar-refractivity contribution in [2.45, 2.75) is 16.7 Å². The van der Waals surface area contributed by atoms with Gasteiger partial charge in [-0.05, 0) is 48.9 Å². The molecule has 4 rings (SSSR count). The highest BCUT2D eigenvalue weighted by Gasteiger charge is 2.21. The summed E-state index contributed by atoms with van der Waals surface area (Å²) in [5.74, 6) is 0.118. The first-order valence-electron chi connectivity index (χ1n) is 8.48. The molecule has 0 spiro atoms. The molecule has 30 heavy (non-hydrogen) atoms. The number of aromatic nitrogens is 4. The summed E-state index contributed by atoms with van der Waals surface area (Å²) in [6.07, 6.45) is 1.62. The third-order valence-corrected chi connectivity index (χ3v) is 6.73. The largest absolute Gasteiger partial charge is 0.324 e. The molecule has 0 aliphatic rings. The number of rotatable bonds is 5. The van der Waals surface area contributed by atoms with Crippen LogP contribution >= 0.6 is 35.8 Å². The summed E-state index contributed by atoms with van der Waals surface area (Å²) >= 11 is 16.2. The lowest BCUT2D eigenvalue weighted by Gasteiger charge is -2.09. The molecule has 0 aliphatic heterocycles. The van der Waals surface area contributed by atoms with E-state index in [9.17, 15) is 8.42 Å². The summed E-state index contributed by atoms with van der Waals surface area (Å²) in [5.41, 5.74) is 2.01. The van der Waals surface area contributed by atoms with E-state index in [4.69, 9.17) is 23.2 Å². The van der Waals surface area contributed by atoms with E-state index in [2.05, 4.69) is 42.8 Å². The van der Waals surface area contributed by atoms with E-state index in [1.165, 1.54) is 12.1 Å². The van der Waals surface area contributed by atoms with Crippen molar-refractivity contribution in [2.75, 3.05) is 10.0 Å². The van der Waals surface area contributed by atoms with E-state index in [0.717, 1.165) is 5.39 Å². The van der Waals surface area contributed by atoms with Gasteiger partial charge in [-0.3, -0.25) is 4.98 Å². The van der Waals surface area contributed by atoms with Crippen molar-refractivity contribution in [3.05, 3.63) is 58.2 Å². The third kappa shape index (κ3) is 4.17. The number of sulfonamides is 1. The van der Waals surface area contributed by atoms with Crippen LogP contribution in [-0.4, -0.2) is 28.6 Å². The highest BCUT2D eigenvalue weighted by molar-refractivity contribution is 7.93. The predicted octanol–water partition coefficient (Wildman–Crippen LogP) is 4.80. The van der Waals surface area contributed by atoms with Crippen LogP contribution in [0, 0.1) is 6.92 Å². The first-order valence-corrected chi connectivity index (χ1v) is 11.2. The van der Waals surface area contributed by atoms with Crippen molar-refractivity contribution in [3.63, 3.8) is 0 Å². The monoisotopic (exact) mass is 480 g/mol. The summed E-state index contributed by atoms with van der Waals surface area (Å²) in [6.45, 7) is 1.70. The number of thiol groups is 1. The van der Waals surface area contributed by atoms with Crippen molar-refractivity contribution in [1.29, 1.82) is 0 Å². The zero-order chi connectivity index (χ0) is 21.5. The Morgan fingerprint density at radius 1 is 1.13 bits per heavy atom. The maximum absolute atomic E-state index is 12.7. The van der Waals surface area contributed by atoms with Crippen molar-refractivity contribution >= 4 is 74.3 Å². The minimum absolute atomic E-state index is 0.0240. The zero-order valence-corrected chi connectivity index (χ0v) is 18.5. The molecular weight excluding hydrogens is 467 g/mol. The minimum atomic E-state index is -3.96. The summed E-state index contributed by atoms with van der Waals surface area (Å²) in [6, 6.07) is 9.98. The molecule has 154 valence electrons. The van der Waals surface area contributed by atoms with Crippen LogP contribution in [0.25, 0.3) is 10.9 Å². The molecule has 0 amide bonds. The Kier molecular flexibility index (Phi) is 5.49. The molecule has 3 N–H and O–H groups in total. The van der Waals surface area contributed by atoms with Crippen LogP contribution in [0.2, 0.25) is 10.0 Å². The van der Waals surface area contributed by atoms with Crippen molar-refractivity contribution < 1.29 is 8.42 Å². The maximum atomic E-state index is 12.7. The van der Waals surface area contributed by atoms with E-state index >= 15 is 0 Å². The molecule has 8 nitrogen and oxygen atoms in total. The van der Waals surface area contributed by atoms with Gasteiger partial charge in [0, 0.05) is 26.5 Å². The zero-order valence-electron chi connectivity index (χ0n) is 15.3. The summed E-state index contributed by atoms with van der Waals surface area (Å²) in [5, 5.41) is 11.4. The molecule has 2 aromatic carbocycles. The van der Waals surface area contributed by atoms with E-state index in [1.54, 1.807) is 31.3 Å². The van der Waals surface area contributed by atoms with Gasteiger partial charge < -0.3 is 5.32 Å². The third-order valence-electron chi connectivity index (χ3n) is 4.20. The predicted molar refractivity (Wildman–Crippen MR) is 121 cm³/mol. The van der Waals surface area contributed by atoms with Gasteiger partial charge >= 0.3 is 0 Å². The Balaban J connectivity index is 1.59. The van der Waals surface area contributed by atoms with Crippen LogP contribution in [0.4, 0.5) is 17.6 Å². The first kappa shape index (κ1) is 20.7. The average molecular weight is 481 g/mol. The highest BCUT2D eigenvalue weighted by Crippen LogP contribution is 2.29. The van der Waals surface area contributed by atoms with E-state index in [-0.39, 0.29) is 21.7 Å². The number of nitrogens with one attached hydrogen (secondary N) is 3. The van der Waals surface area contributed by atoms with Crippen LogP contribution in [-0.2, 0) is 10.0 Å². The quantitative estimate of drug-likeness (QED) is 0.305. The second kappa shape index (κ2) is 7.95. The molecule has 0 aliphatic carbocycles. The van der Waals surface area contributed by atoms with E-state index in [1.807, 2.05) is 6.07 Å². The molecular formula is C18H14Cl2N6O2S2. The molecule has 0 saturated carbocycles. The number of anilines is 3. The SMILES string of the molecule is Cc1cc(S(=O)(=O)Nc2n[nH]c(Nc3ccnc4cc(Cl)ccc34)n2)c(S)cc1Cl. The van der Waals surface area contributed by atoms with Gasteiger partial charge in [-0.25, -0.2) is 18.2 Å². The molecule has 2 aromatic heterocycles. The fourth-order valence-electron chi connectivity index (χ4n) is 2.76. The van der Waals surface area contributed by atoms with Crippen molar-refractivity contribution in [3.8, 4) is 0 Å². The number of H-pyrrole nitrogens is 1. The van der Waals surface area contributed by atoms with Gasteiger partial charge in [0.15, 0.2) is 0 Å². The second-order valence-corrected chi connectivity index (χ2v) is 9.30. The van der Waals surface area contributed by atoms with Crippen molar-refractivity contribution in [2.24, 2.45) is 0 Å². The number of halogens is 2. The molecule has 4 aromatic rings. The van der Waals surface area contributed by atoms with Crippen LogP contribution in [0.1, 0.15) is 5.56 Å². The van der Waals surface area contributed by atoms with E-state index < -0.39 is 10.0 Å². The number of pyridine rings is 1. The molecule has 0 radical (unpaired) electrons. The normalized spacial score (nSPS) is 11.6. The summed E-state index contributed by atoms with van der Waals surface area (Å²) < 4.78 is 27.8. The number of aromatic amines is 1. The fourth-order valence-corrected chi connectivity index (χ4v) is 4.82. The van der Waals surface area contributed by atoms with Crippen LogP contribution in [0.5, 0.6) is 0 Å². The average Bonchev–Trinajstić information content (AvgIpc) is 3.10. The molecule has 0 unspecified atom stereocenters. The molecule has 0 bridgehead atoms. The second-order valence-electron chi connectivity index (χ2n) is 6.33. The number of aryl methyl sites for hydroxylation is 1. The Morgan fingerprint density at radius 3 is 2.73 bits per heavy atom. The molecule has 12 heteroatoms. The van der Waals surface area contributed by atoms with Gasteiger partial charge in [0.05, 0.1) is 11.2 Å². The number of fused-ring (bicyclic) bond motifs is 1. The van der Waals surface area contributed by atoms with Gasteiger partial charge in [0.25, 0.3) is 16.0 Å². The Morgan fingerprint density at radius 2 is 1.93 bits per heavy atom. The van der Waals surface area contributed by atoms with E-state index in [0.29, 0.717) is 26.8 Å². The standard InChI is InChI=1S/C18H14Cl2N6O2S2/c1-9-6-16(15(29)8-12(9)20)30(27,28)26-18-23-17(24-25-18)22-13-4-5-21-14-7-10(19)2-3-11(13)14/h2-8,29H,1H3,(H3,21,22,23,24,25,26). The number of nitrogens with zero attached hydrogens (tertiary/aromatic N) is 3. The van der Waals surface area contributed by atoms with Crippen LogP contribution in [0.15, 0.2) is 52.4 Å². The first-order chi connectivity index (χ1) is 14.2. The van der Waals surface area contributed by atoms with Gasteiger partial charge in [0.1, 0.15) is 4.90 Å². The van der Waals surface area contributed by atoms with Gasteiger partial charge in [-0.2, -0.15) is 4.98 Å². The maximum Gasteiger partial charge on any atom is 0.265 e. The molecule has 0 fully saturated rings. The Labute approximate surface area is 187 Å². The summed E-state index contributed by atoms with van der Waals surface area (Å²) in [7, 11) is -3.96. The molecule has 0 atom stereocenters. The molecule has 0 saturated heterocycles. The minimum Gasteiger partial charge on any atom is -0.324 e. The topological polar surface area (TPSA) is 113 Å². The molecule has 2 heterocycles. The Bertz CT molecular complexity index is 1370. The van der Waals surface area contributed by atoms with Gasteiger partial charge in [0.2, 0.25) is 5.95 Å². The van der Waals surface area contributed by atoms with Crippen molar-refractivity contribution in [1.82, 2.24) is 20.2 Å². The number of hydrogen-bond donors (Lipinski definition) is 4. The lowest BCUT2D eigenvalue weighted by atomic mass is 10.2. The summed E-state index contributed by atoms with van der Waals surface area (Å²) in [4.78, 5) is 8.61. The van der Waals surface area contributed by atoms with Gasteiger partial charge in [-0.1, -0.05) is 23.2 Å². The lowest BCUT2D eigenvalue weighted by Crippen LogP contribution is -2.15. The van der Waals surface area contributed by atoms with Crippen LogP contribution < -0.4 is 10.0 Å². The fraction of sp³-hybridized carbons (Fsp3) is 0.0556. The lowest BCUT2D eigenvalue weighted by molar-refractivity contribution is 0.599. The van der Waals surface area contributed by atoms with Crippen LogP contribution in [0.3, 0.4) is 0 Å². The number of benzene rings is 2. The Hall–Kier alpha value is -2.53. The number of hydrogen-bond acceptors (Lipinski definition) is 7. The smallest absolute Gasteiger partial charge is 0.265 e. The van der Waals surface area contributed by atoms with Gasteiger partial charge in [-0.15, -0.1) is 17.7 Å².